The molecule has 180 valence electrons. The molecule has 2 heterocycles. The number of ether oxygens (including phenoxy) is 3. The van der Waals surface area contributed by atoms with Gasteiger partial charge in [0.15, 0.2) is 0 Å². The first-order chi connectivity index (χ1) is 17.4. The lowest BCUT2D eigenvalue weighted by Gasteiger charge is -2.27. The van der Waals surface area contributed by atoms with Gasteiger partial charge in [0.05, 0.1) is 12.5 Å². The third kappa shape index (κ3) is 4.08. The van der Waals surface area contributed by atoms with Crippen LogP contribution in [0, 0.1) is 18.3 Å². The highest BCUT2D eigenvalue weighted by atomic mass is 79.9. The quantitative estimate of drug-likeness (QED) is 0.230. The Labute approximate surface area is 215 Å². The van der Waals surface area contributed by atoms with Gasteiger partial charge in [0.25, 0.3) is 0 Å². The molecule has 0 bridgehead atoms. The Morgan fingerprint density at radius 2 is 1.94 bits per heavy atom. The average Bonchev–Trinajstić information content (AvgIpc) is 3.19. The van der Waals surface area contributed by atoms with Gasteiger partial charge in [0, 0.05) is 32.6 Å². The van der Waals surface area contributed by atoms with Crippen molar-refractivity contribution in [2.24, 2.45) is 5.73 Å². The first-order valence-corrected chi connectivity index (χ1v) is 12.0. The second-order valence-corrected chi connectivity index (χ2v) is 9.10. The van der Waals surface area contributed by atoms with Crippen molar-refractivity contribution in [3.8, 4) is 23.3 Å². The van der Waals surface area contributed by atoms with Gasteiger partial charge in [-0.1, -0.05) is 40.2 Å². The number of nitrogens with zero attached hydrogens (tertiary/aromatic N) is 1. The predicted molar refractivity (Wildman–Crippen MR) is 137 cm³/mol. The molecule has 0 aliphatic carbocycles. The van der Waals surface area contributed by atoms with Crippen molar-refractivity contribution < 1.29 is 23.4 Å². The maximum absolute atomic E-state index is 13.0. The van der Waals surface area contributed by atoms with Crippen molar-refractivity contribution in [3.05, 3.63) is 99.0 Å². The molecule has 1 atom stereocenters. The molecule has 1 unspecified atom stereocenters. The SMILES string of the molecule is CCOc1ccccc1C1C(C#N)=C(N)Oc2cc(OC(=O)c3oc4ccc(Br)cc4c3C)ccc21. The van der Waals surface area contributed by atoms with E-state index in [0.717, 1.165) is 15.4 Å². The number of furan rings is 1. The topological polar surface area (TPSA) is 108 Å². The van der Waals surface area contributed by atoms with Crippen LogP contribution in [0.5, 0.6) is 17.2 Å². The fourth-order valence-corrected chi connectivity index (χ4v) is 4.73. The van der Waals surface area contributed by atoms with Crippen LogP contribution in [-0.2, 0) is 0 Å². The smallest absolute Gasteiger partial charge is 0.379 e. The maximum Gasteiger partial charge on any atom is 0.379 e. The summed E-state index contributed by atoms with van der Waals surface area (Å²) >= 11 is 3.44. The standard InChI is InChI=1S/C28H21BrN2O5/c1-3-33-22-7-5-4-6-18(22)25-19-10-9-17(13-24(19)36-27(31)21(25)14-30)34-28(32)26-15(2)20-12-16(29)8-11-23(20)35-26/h4-13,25H,3,31H2,1-2H3. The highest BCUT2D eigenvalue weighted by molar-refractivity contribution is 9.10. The number of hydrogen-bond donors (Lipinski definition) is 1. The van der Waals surface area contributed by atoms with Gasteiger partial charge in [-0.2, -0.15) is 5.26 Å². The molecule has 36 heavy (non-hydrogen) atoms. The fourth-order valence-electron chi connectivity index (χ4n) is 4.37. The number of fused-ring (bicyclic) bond motifs is 2. The minimum Gasteiger partial charge on any atom is -0.494 e. The lowest BCUT2D eigenvalue weighted by atomic mass is 9.83. The number of rotatable bonds is 5. The van der Waals surface area contributed by atoms with Crippen molar-refractivity contribution in [3.63, 3.8) is 0 Å². The van der Waals surface area contributed by atoms with Crippen LogP contribution in [0.3, 0.4) is 0 Å². The van der Waals surface area contributed by atoms with Crippen LogP contribution in [0.4, 0.5) is 0 Å². The van der Waals surface area contributed by atoms with E-state index in [9.17, 15) is 10.1 Å². The summed E-state index contributed by atoms with van der Waals surface area (Å²) in [4.78, 5) is 13.0. The van der Waals surface area contributed by atoms with Gasteiger partial charge in [0.1, 0.15) is 34.5 Å². The maximum atomic E-state index is 13.0. The van der Waals surface area contributed by atoms with Gasteiger partial charge in [-0.25, -0.2) is 4.79 Å². The zero-order valence-corrected chi connectivity index (χ0v) is 21.1. The van der Waals surface area contributed by atoms with E-state index < -0.39 is 11.9 Å². The molecule has 7 nitrogen and oxygen atoms in total. The minimum atomic E-state index is -0.630. The van der Waals surface area contributed by atoms with E-state index in [1.54, 1.807) is 31.2 Å². The number of para-hydroxylation sites is 1. The molecule has 0 spiro atoms. The van der Waals surface area contributed by atoms with E-state index in [2.05, 4.69) is 22.0 Å². The number of allylic oxidation sites excluding steroid dienone is 1. The number of aryl methyl sites for hydroxylation is 1. The average molecular weight is 545 g/mol. The zero-order valence-electron chi connectivity index (χ0n) is 19.5. The Hall–Kier alpha value is -4.22. The molecule has 0 radical (unpaired) electrons. The third-order valence-electron chi connectivity index (χ3n) is 6.01. The van der Waals surface area contributed by atoms with Crippen LogP contribution in [0.1, 0.15) is 40.1 Å². The van der Waals surface area contributed by atoms with Crippen LogP contribution >= 0.6 is 15.9 Å². The van der Waals surface area contributed by atoms with Crippen molar-refractivity contribution in [1.29, 1.82) is 5.26 Å². The van der Waals surface area contributed by atoms with E-state index >= 15 is 0 Å². The molecule has 0 fully saturated rings. The van der Waals surface area contributed by atoms with Crippen LogP contribution in [0.2, 0.25) is 0 Å². The Bertz CT molecular complexity index is 1580. The molecule has 1 aliphatic rings. The van der Waals surface area contributed by atoms with Crippen molar-refractivity contribution in [1.82, 2.24) is 0 Å². The van der Waals surface area contributed by atoms with E-state index in [4.69, 9.17) is 24.4 Å². The highest BCUT2D eigenvalue weighted by Gasteiger charge is 2.33. The molecule has 4 aromatic rings. The summed E-state index contributed by atoms with van der Waals surface area (Å²) in [6, 6.07) is 20.2. The summed E-state index contributed by atoms with van der Waals surface area (Å²) < 4.78 is 23.8. The van der Waals surface area contributed by atoms with E-state index in [1.165, 1.54) is 0 Å². The molecule has 3 aromatic carbocycles. The minimum absolute atomic E-state index is 0.0107. The van der Waals surface area contributed by atoms with Gasteiger partial charge in [0.2, 0.25) is 11.6 Å². The first-order valence-electron chi connectivity index (χ1n) is 11.2. The highest BCUT2D eigenvalue weighted by Crippen LogP contribution is 2.46. The number of benzene rings is 3. The zero-order chi connectivity index (χ0) is 25.4. The summed E-state index contributed by atoms with van der Waals surface area (Å²) in [6.45, 7) is 4.18. The molecule has 1 aliphatic heterocycles. The number of esters is 1. The van der Waals surface area contributed by atoms with E-state index in [0.29, 0.717) is 34.8 Å². The lowest BCUT2D eigenvalue weighted by molar-refractivity contribution is 0.0702. The van der Waals surface area contributed by atoms with E-state index in [1.807, 2.05) is 43.3 Å². The Morgan fingerprint density at radius 1 is 1.14 bits per heavy atom. The molecular weight excluding hydrogens is 524 g/mol. The third-order valence-corrected chi connectivity index (χ3v) is 6.51. The number of hydrogen-bond acceptors (Lipinski definition) is 7. The second kappa shape index (κ2) is 9.44. The number of carbonyl (C=O) groups excluding carboxylic acids is 1. The lowest BCUT2D eigenvalue weighted by Crippen LogP contribution is -2.21. The molecule has 2 N–H and O–H groups in total. The monoisotopic (exact) mass is 544 g/mol. The summed E-state index contributed by atoms with van der Waals surface area (Å²) in [5.74, 6) is 0.279. The van der Waals surface area contributed by atoms with Crippen LogP contribution in [0.25, 0.3) is 11.0 Å². The van der Waals surface area contributed by atoms with Gasteiger partial charge in [-0.3, -0.25) is 0 Å². The first kappa shape index (κ1) is 23.5. The summed E-state index contributed by atoms with van der Waals surface area (Å²) in [7, 11) is 0. The van der Waals surface area contributed by atoms with Crippen molar-refractivity contribution in [2.45, 2.75) is 19.8 Å². The molecule has 8 heteroatoms. The van der Waals surface area contributed by atoms with Gasteiger partial charge >= 0.3 is 5.97 Å². The van der Waals surface area contributed by atoms with Crippen molar-refractivity contribution >= 4 is 32.9 Å². The fraction of sp³-hybridized carbons (Fsp3) is 0.143. The van der Waals surface area contributed by atoms with Gasteiger partial charge in [-0.15, -0.1) is 0 Å². The number of nitrogens with two attached hydrogens (primary N) is 1. The predicted octanol–water partition coefficient (Wildman–Crippen LogP) is 6.34. The number of carbonyl (C=O) groups is 1. The Balaban J connectivity index is 1.51. The molecule has 0 amide bonds. The Morgan fingerprint density at radius 3 is 2.72 bits per heavy atom. The summed E-state index contributed by atoms with van der Waals surface area (Å²) in [6.07, 6.45) is 0. The van der Waals surface area contributed by atoms with Gasteiger partial charge in [-0.05, 0) is 44.2 Å². The summed E-state index contributed by atoms with van der Waals surface area (Å²) in [5, 5.41) is 10.7. The summed E-state index contributed by atoms with van der Waals surface area (Å²) in [5.41, 5.74) is 9.19. The number of halogens is 1. The second-order valence-electron chi connectivity index (χ2n) is 8.18. The molecule has 0 saturated carbocycles. The molecule has 5 rings (SSSR count). The van der Waals surface area contributed by atoms with Crippen molar-refractivity contribution in [2.75, 3.05) is 6.61 Å². The molecule has 1 aromatic heterocycles. The van der Waals surface area contributed by atoms with Crippen LogP contribution in [-0.4, -0.2) is 12.6 Å². The molecular formula is C28H21BrN2O5. The van der Waals surface area contributed by atoms with E-state index in [-0.39, 0.29) is 23.0 Å². The normalized spacial score (nSPS) is 14.7. The largest absolute Gasteiger partial charge is 0.494 e. The Kier molecular flexibility index (Phi) is 6.17. The number of nitriles is 1. The van der Waals surface area contributed by atoms with Crippen LogP contribution in [0.15, 0.2) is 81.0 Å². The molecule has 0 saturated heterocycles. The van der Waals surface area contributed by atoms with Crippen LogP contribution < -0.4 is 19.9 Å². The van der Waals surface area contributed by atoms with Gasteiger partial charge < -0.3 is 24.4 Å².